The van der Waals surface area contributed by atoms with Gasteiger partial charge in [0.05, 0.1) is 29.3 Å². The molecule has 1 aromatic carbocycles. The van der Waals surface area contributed by atoms with Gasteiger partial charge in [-0.25, -0.2) is 4.68 Å². The maximum atomic E-state index is 12.5. The van der Waals surface area contributed by atoms with E-state index in [9.17, 15) is 4.79 Å². The Labute approximate surface area is 162 Å². The van der Waals surface area contributed by atoms with Gasteiger partial charge in [-0.15, -0.1) is 0 Å². The number of carbonyl (C=O) groups is 1. The van der Waals surface area contributed by atoms with Gasteiger partial charge in [-0.1, -0.05) is 36.2 Å². The number of ether oxygens (including phenoxy) is 1. The molecule has 3 aromatic rings. The summed E-state index contributed by atoms with van der Waals surface area (Å²) in [6.07, 6.45) is 7.06. The van der Waals surface area contributed by atoms with Crippen molar-refractivity contribution in [2.24, 2.45) is 0 Å². The molecule has 0 spiro atoms. The Hall–Kier alpha value is -2.80. The first-order valence-corrected chi connectivity index (χ1v) is 9.07. The molecule has 0 aliphatic carbocycles. The Balaban J connectivity index is 1.60. The fourth-order valence-corrected chi connectivity index (χ4v) is 2.94. The fraction of sp³-hybridized carbons (Fsp3) is 0.316. The van der Waals surface area contributed by atoms with Gasteiger partial charge in [0.2, 0.25) is 5.91 Å². The minimum Gasteiger partial charge on any atom is -0.471 e. The summed E-state index contributed by atoms with van der Waals surface area (Å²) in [6.45, 7) is 6.22. The van der Waals surface area contributed by atoms with Gasteiger partial charge >= 0.3 is 0 Å². The number of aryl methyl sites for hydroxylation is 2. The number of nitrogens with one attached hydrogen (secondary N) is 1. The van der Waals surface area contributed by atoms with E-state index in [1.807, 2.05) is 32.9 Å². The Morgan fingerprint density at radius 3 is 2.74 bits per heavy atom. The van der Waals surface area contributed by atoms with Crippen LogP contribution in [0, 0.1) is 13.8 Å². The van der Waals surface area contributed by atoms with Gasteiger partial charge in [-0.3, -0.25) is 9.48 Å². The third-order valence-electron chi connectivity index (χ3n) is 4.16. The quantitative estimate of drug-likeness (QED) is 0.665. The van der Waals surface area contributed by atoms with E-state index in [-0.39, 0.29) is 12.6 Å². The summed E-state index contributed by atoms with van der Waals surface area (Å²) in [5.74, 6) is 0.635. The molecule has 0 bridgehead atoms. The van der Waals surface area contributed by atoms with E-state index in [2.05, 4.69) is 21.6 Å². The van der Waals surface area contributed by atoms with E-state index in [1.165, 1.54) is 11.8 Å². The molecule has 142 valence electrons. The minimum absolute atomic E-state index is 0.174. The fourth-order valence-electron chi connectivity index (χ4n) is 2.80. The lowest BCUT2D eigenvalue weighted by atomic mass is 10.1. The number of rotatable bonds is 7. The van der Waals surface area contributed by atoms with E-state index in [4.69, 9.17) is 16.3 Å². The second-order valence-corrected chi connectivity index (χ2v) is 6.80. The maximum Gasteiger partial charge on any atom is 0.249 e. The largest absolute Gasteiger partial charge is 0.471 e. The van der Waals surface area contributed by atoms with Crippen molar-refractivity contribution in [1.29, 1.82) is 0 Å². The van der Waals surface area contributed by atoms with Crippen LogP contribution in [0.1, 0.15) is 30.5 Å². The normalized spacial score (nSPS) is 12.0. The standard InChI is InChI=1S/C19H22ClN5O2/c1-4-17(25-10-15(20)8-22-25)19(26)23-16-9-21-24(11-16)12-27-18-6-5-13(2)7-14(18)3/h5-11,17H,4,12H2,1-3H3,(H,23,26). The molecule has 7 nitrogen and oxygen atoms in total. The van der Waals surface area contributed by atoms with Crippen LogP contribution >= 0.6 is 11.6 Å². The Kier molecular flexibility index (Phi) is 5.81. The zero-order valence-electron chi connectivity index (χ0n) is 15.5. The van der Waals surface area contributed by atoms with Crippen LogP contribution < -0.4 is 10.1 Å². The summed E-state index contributed by atoms with van der Waals surface area (Å²) in [4.78, 5) is 12.5. The average molecular weight is 388 g/mol. The first-order chi connectivity index (χ1) is 13.0. The van der Waals surface area contributed by atoms with E-state index >= 15 is 0 Å². The maximum absolute atomic E-state index is 12.5. The lowest BCUT2D eigenvalue weighted by Gasteiger charge is -2.14. The monoisotopic (exact) mass is 387 g/mol. The van der Waals surface area contributed by atoms with Crippen LogP contribution in [0.3, 0.4) is 0 Å². The summed E-state index contributed by atoms with van der Waals surface area (Å²) in [5, 5.41) is 11.7. The summed E-state index contributed by atoms with van der Waals surface area (Å²) in [7, 11) is 0. The number of aromatic nitrogens is 4. The van der Waals surface area contributed by atoms with Gasteiger partial charge in [-0.05, 0) is 31.9 Å². The first-order valence-electron chi connectivity index (χ1n) is 8.69. The van der Waals surface area contributed by atoms with Gasteiger partial charge in [0.1, 0.15) is 11.8 Å². The SMILES string of the molecule is CCC(C(=O)Nc1cnn(COc2ccc(C)cc2C)c1)n1cc(Cl)cn1. The van der Waals surface area contributed by atoms with Crippen molar-refractivity contribution in [2.75, 3.05) is 5.32 Å². The predicted molar refractivity (Wildman–Crippen MR) is 104 cm³/mol. The van der Waals surface area contributed by atoms with Crippen molar-refractivity contribution in [3.05, 3.63) is 59.1 Å². The number of hydrogen-bond donors (Lipinski definition) is 1. The van der Waals surface area contributed by atoms with Gasteiger partial charge in [-0.2, -0.15) is 10.2 Å². The van der Waals surface area contributed by atoms with Crippen LogP contribution in [0.4, 0.5) is 5.69 Å². The Bertz CT molecular complexity index is 934. The molecule has 2 heterocycles. The second kappa shape index (κ2) is 8.26. The van der Waals surface area contributed by atoms with E-state index in [1.54, 1.807) is 28.0 Å². The highest BCUT2D eigenvalue weighted by Crippen LogP contribution is 2.20. The molecule has 0 fully saturated rings. The highest BCUT2D eigenvalue weighted by Gasteiger charge is 2.20. The Morgan fingerprint density at radius 2 is 2.07 bits per heavy atom. The molecule has 8 heteroatoms. The molecule has 2 aromatic heterocycles. The van der Waals surface area contributed by atoms with E-state index < -0.39 is 6.04 Å². The molecular formula is C19H22ClN5O2. The van der Waals surface area contributed by atoms with Crippen LogP contribution in [0.25, 0.3) is 0 Å². The van der Waals surface area contributed by atoms with Gasteiger partial charge in [0.15, 0.2) is 6.73 Å². The lowest BCUT2D eigenvalue weighted by molar-refractivity contribution is -0.119. The van der Waals surface area contributed by atoms with Crippen LogP contribution in [-0.2, 0) is 11.5 Å². The molecule has 1 unspecified atom stereocenters. The molecule has 0 saturated heterocycles. The zero-order chi connectivity index (χ0) is 19.4. The molecule has 1 N–H and O–H groups in total. The van der Waals surface area contributed by atoms with Gasteiger partial charge < -0.3 is 10.1 Å². The molecule has 1 amide bonds. The summed E-state index contributed by atoms with van der Waals surface area (Å²) < 4.78 is 8.98. The molecule has 0 aliphatic rings. The smallest absolute Gasteiger partial charge is 0.249 e. The number of amides is 1. The number of hydrogen-bond acceptors (Lipinski definition) is 4. The number of anilines is 1. The predicted octanol–water partition coefficient (Wildman–Crippen LogP) is 3.98. The summed E-state index contributed by atoms with van der Waals surface area (Å²) in [5.41, 5.74) is 2.85. The van der Waals surface area contributed by atoms with Crippen molar-refractivity contribution in [3.63, 3.8) is 0 Å². The van der Waals surface area contributed by atoms with Crippen LogP contribution in [0.5, 0.6) is 5.75 Å². The average Bonchev–Trinajstić information content (AvgIpc) is 3.24. The van der Waals surface area contributed by atoms with E-state index in [0.29, 0.717) is 17.1 Å². The third kappa shape index (κ3) is 4.68. The van der Waals surface area contributed by atoms with Crippen molar-refractivity contribution >= 4 is 23.2 Å². The molecule has 0 aliphatic heterocycles. The van der Waals surface area contributed by atoms with Crippen molar-refractivity contribution < 1.29 is 9.53 Å². The topological polar surface area (TPSA) is 74.0 Å². The van der Waals surface area contributed by atoms with Gasteiger partial charge in [0, 0.05) is 6.20 Å². The number of benzene rings is 1. The van der Waals surface area contributed by atoms with Crippen molar-refractivity contribution in [2.45, 2.75) is 40.0 Å². The minimum atomic E-state index is -0.438. The highest BCUT2D eigenvalue weighted by atomic mass is 35.5. The molecule has 1 atom stereocenters. The van der Waals surface area contributed by atoms with Gasteiger partial charge in [0.25, 0.3) is 0 Å². The molecular weight excluding hydrogens is 366 g/mol. The van der Waals surface area contributed by atoms with Crippen molar-refractivity contribution in [3.8, 4) is 5.75 Å². The molecule has 0 radical (unpaired) electrons. The first kappa shape index (κ1) is 19.0. The van der Waals surface area contributed by atoms with Crippen molar-refractivity contribution in [1.82, 2.24) is 19.6 Å². The van der Waals surface area contributed by atoms with E-state index in [0.717, 1.165) is 11.3 Å². The summed E-state index contributed by atoms with van der Waals surface area (Å²) >= 11 is 5.89. The van der Waals surface area contributed by atoms with Crippen LogP contribution in [0.2, 0.25) is 5.02 Å². The number of halogens is 1. The number of nitrogens with zero attached hydrogens (tertiary/aromatic N) is 4. The molecule has 3 rings (SSSR count). The highest BCUT2D eigenvalue weighted by molar-refractivity contribution is 6.30. The lowest BCUT2D eigenvalue weighted by Crippen LogP contribution is -2.25. The number of carbonyl (C=O) groups excluding carboxylic acids is 1. The second-order valence-electron chi connectivity index (χ2n) is 6.36. The molecule has 0 saturated carbocycles. The third-order valence-corrected chi connectivity index (χ3v) is 4.36. The zero-order valence-corrected chi connectivity index (χ0v) is 16.3. The van der Waals surface area contributed by atoms with Crippen LogP contribution in [0.15, 0.2) is 43.0 Å². The Morgan fingerprint density at radius 1 is 1.26 bits per heavy atom. The van der Waals surface area contributed by atoms with Crippen LogP contribution in [-0.4, -0.2) is 25.5 Å². The summed E-state index contributed by atoms with van der Waals surface area (Å²) in [6, 6.07) is 5.57. The molecule has 27 heavy (non-hydrogen) atoms.